The van der Waals surface area contributed by atoms with E-state index in [4.69, 9.17) is 14.2 Å². The van der Waals surface area contributed by atoms with Crippen LogP contribution < -0.4 is 19.7 Å². The lowest BCUT2D eigenvalue weighted by Crippen LogP contribution is -2.40. The Labute approximate surface area is 184 Å². The van der Waals surface area contributed by atoms with Gasteiger partial charge in [-0.15, -0.1) is 0 Å². The van der Waals surface area contributed by atoms with E-state index in [9.17, 15) is 4.79 Å². The van der Waals surface area contributed by atoms with E-state index in [0.29, 0.717) is 11.5 Å². The standard InChI is InChI=1S/C24H33N3O4/c1-18(26(2)12-11-19-5-10-22(29-3)23(17-19)30-4)24(28)25-20-6-8-21(9-7-20)27-13-15-31-16-14-27/h5-10,17-18H,11-16H2,1-4H3,(H,25,28)/t18-/m0/s1. The van der Waals surface area contributed by atoms with Gasteiger partial charge in [0.2, 0.25) is 5.91 Å². The summed E-state index contributed by atoms with van der Waals surface area (Å²) in [5, 5.41) is 3.02. The van der Waals surface area contributed by atoms with Gasteiger partial charge in [-0.25, -0.2) is 0 Å². The Kier molecular flexibility index (Phi) is 8.14. The zero-order chi connectivity index (χ0) is 22.2. The number of carbonyl (C=O) groups excluding carboxylic acids is 1. The normalized spacial score (nSPS) is 14.9. The number of benzene rings is 2. The van der Waals surface area contributed by atoms with Gasteiger partial charge in [0.15, 0.2) is 11.5 Å². The predicted molar refractivity (Wildman–Crippen MR) is 123 cm³/mol. The van der Waals surface area contributed by atoms with Crippen LogP contribution in [-0.4, -0.2) is 71.0 Å². The molecule has 3 rings (SSSR count). The highest BCUT2D eigenvalue weighted by atomic mass is 16.5. The maximum absolute atomic E-state index is 12.7. The topological polar surface area (TPSA) is 63.3 Å². The molecule has 2 aromatic rings. The zero-order valence-corrected chi connectivity index (χ0v) is 18.9. The molecule has 1 saturated heterocycles. The third kappa shape index (κ3) is 6.12. The number of likely N-dealkylation sites (N-methyl/N-ethyl adjacent to an activating group) is 1. The fourth-order valence-corrected chi connectivity index (χ4v) is 3.56. The fraction of sp³-hybridized carbons (Fsp3) is 0.458. The summed E-state index contributed by atoms with van der Waals surface area (Å²) in [7, 11) is 5.22. The smallest absolute Gasteiger partial charge is 0.241 e. The van der Waals surface area contributed by atoms with Gasteiger partial charge >= 0.3 is 0 Å². The third-order valence-electron chi connectivity index (χ3n) is 5.75. The van der Waals surface area contributed by atoms with Gasteiger partial charge in [-0.2, -0.15) is 0 Å². The Morgan fingerprint density at radius 2 is 1.77 bits per heavy atom. The van der Waals surface area contributed by atoms with Gasteiger partial charge in [-0.05, 0) is 62.4 Å². The summed E-state index contributed by atoms with van der Waals surface area (Å²) < 4.78 is 16.1. The summed E-state index contributed by atoms with van der Waals surface area (Å²) in [4.78, 5) is 17.1. The highest BCUT2D eigenvalue weighted by Crippen LogP contribution is 2.27. The van der Waals surface area contributed by atoms with Crippen LogP contribution >= 0.6 is 0 Å². The average molecular weight is 428 g/mol. The Morgan fingerprint density at radius 3 is 2.42 bits per heavy atom. The summed E-state index contributed by atoms with van der Waals surface area (Å²) in [5.41, 5.74) is 3.10. The molecule has 0 spiro atoms. The molecular weight excluding hydrogens is 394 g/mol. The molecule has 168 valence electrons. The zero-order valence-electron chi connectivity index (χ0n) is 18.9. The molecular formula is C24H33N3O4. The second kappa shape index (κ2) is 11.0. The first kappa shape index (κ1) is 22.9. The molecule has 2 aromatic carbocycles. The van der Waals surface area contributed by atoms with Crippen LogP contribution in [0.25, 0.3) is 0 Å². The number of amides is 1. The molecule has 31 heavy (non-hydrogen) atoms. The molecule has 0 unspecified atom stereocenters. The Morgan fingerprint density at radius 1 is 1.10 bits per heavy atom. The lowest BCUT2D eigenvalue weighted by molar-refractivity contribution is -0.120. The van der Waals surface area contributed by atoms with E-state index < -0.39 is 0 Å². The first-order chi connectivity index (χ1) is 15.0. The molecule has 0 saturated carbocycles. The van der Waals surface area contributed by atoms with Crippen molar-refractivity contribution in [2.24, 2.45) is 0 Å². The van der Waals surface area contributed by atoms with Crippen molar-refractivity contribution >= 4 is 17.3 Å². The molecule has 0 bridgehead atoms. The van der Waals surface area contributed by atoms with Gasteiger partial charge in [-0.1, -0.05) is 6.07 Å². The quantitative estimate of drug-likeness (QED) is 0.664. The molecule has 1 amide bonds. The van der Waals surface area contributed by atoms with Crippen molar-refractivity contribution in [3.8, 4) is 11.5 Å². The second-order valence-corrected chi connectivity index (χ2v) is 7.73. The van der Waals surface area contributed by atoms with Crippen LogP contribution in [-0.2, 0) is 16.0 Å². The van der Waals surface area contributed by atoms with Crippen LogP contribution in [0.1, 0.15) is 12.5 Å². The molecule has 7 heteroatoms. The summed E-state index contributed by atoms with van der Waals surface area (Å²) in [6.07, 6.45) is 0.808. The number of nitrogens with one attached hydrogen (secondary N) is 1. The van der Waals surface area contributed by atoms with Gasteiger partial charge in [0.1, 0.15) is 0 Å². The van der Waals surface area contributed by atoms with Gasteiger partial charge in [0, 0.05) is 31.0 Å². The minimum atomic E-state index is -0.251. The fourth-order valence-electron chi connectivity index (χ4n) is 3.56. The Hall–Kier alpha value is -2.77. The maximum atomic E-state index is 12.7. The molecule has 1 heterocycles. The first-order valence-electron chi connectivity index (χ1n) is 10.7. The van der Waals surface area contributed by atoms with Crippen molar-refractivity contribution in [3.05, 3.63) is 48.0 Å². The summed E-state index contributed by atoms with van der Waals surface area (Å²) >= 11 is 0. The van der Waals surface area contributed by atoms with Crippen molar-refractivity contribution in [2.75, 3.05) is 64.3 Å². The van der Waals surface area contributed by atoms with Gasteiger partial charge in [-0.3, -0.25) is 9.69 Å². The molecule has 1 aliphatic heterocycles. The van der Waals surface area contributed by atoms with E-state index in [1.54, 1.807) is 14.2 Å². The van der Waals surface area contributed by atoms with E-state index in [1.165, 1.54) is 0 Å². The molecule has 1 fully saturated rings. The Bertz CT molecular complexity index is 850. The molecule has 1 N–H and O–H groups in total. The minimum Gasteiger partial charge on any atom is -0.493 e. The summed E-state index contributed by atoms with van der Waals surface area (Å²) in [6, 6.07) is 13.7. The largest absolute Gasteiger partial charge is 0.493 e. The number of nitrogens with zero attached hydrogens (tertiary/aromatic N) is 2. The number of hydrogen-bond acceptors (Lipinski definition) is 6. The molecule has 1 atom stereocenters. The SMILES string of the molecule is COc1ccc(CCN(C)[C@@H](C)C(=O)Nc2ccc(N3CCOCC3)cc2)cc1OC. The van der Waals surface area contributed by atoms with Crippen LogP contribution in [0.2, 0.25) is 0 Å². The molecule has 0 aromatic heterocycles. The van der Waals surface area contributed by atoms with Gasteiger partial charge < -0.3 is 24.4 Å². The molecule has 0 aliphatic carbocycles. The lowest BCUT2D eigenvalue weighted by Gasteiger charge is -2.29. The van der Waals surface area contributed by atoms with Crippen molar-refractivity contribution in [2.45, 2.75) is 19.4 Å². The average Bonchev–Trinajstić information content (AvgIpc) is 2.82. The van der Waals surface area contributed by atoms with Crippen LogP contribution in [0, 0.1) is 0 Å². The highest BCUT2D eigenvalue weighted by Gasteiger charge is 2.18. The number of ether oxygens (including phenoxy) is 3. The molecule has 0 radical (unpaired) electrons. The predicted octanol–water partition coefficient (Wildman–Crippen LogP) is 3.04. The number of carbonyl (C=O) groups is 1. The second-order valence-electron chi connectivity index (χ2n) is 7.73. The minimum absolute atomic E-state index is 0.0195. The number of rotatable bonds is 9. The third-order valence-corrected chi connectivity index (χ3v) is 5.75. The van der Waals surface area contributed by atoms with E-state index in [1.807, 2.05) is 61.3 Å². The van der Waals surface area contributed by atoms with E-state index in [0.717, 1.165) is 56.2 Å². The highest BCUT2D eigenvalue weighted by molar-refractivity contribution is 5.94. The Balaban J connectivity index is 1.51. The van der Waals surface area contributed by atoms with Crippen LogP contribution in [0.5, 0.6) is 11.5 Å². The molecule has 1 aliphatic rings. The van der Waals surface area contributed by atoms with Crippen molar-refractivity contribution < 1.29 is 19.0 Å². The number of methoxy groups -OCH3 is 2. The number of anilines is 2. The van der Waals surface area contributed by atoms with Crippen molar-refractivity contribution in [1.29, 1.82) is 0 Å². The van der Waals surface area contributed by atoms with Gasteiger partial charge in [0.05, 0.1) is 33.5 Å². The maximum Gasteiger partial charge on any atom is 0.241 e. The number of hydrogen-bond donors (Lipinski definition) is 1. The summed E-state index contributed by atoms with van der Waals surface area (Å²) in [5.74, 6) is 1.41. The monoisotopic (exact) mass is 427 g/mol. The number of morpholine rings is 1. The summed E-state index contributed by atoms with van der Waals surface area (Å²) in [6.45, 7) is 5.98. The lowest BCUT2D eigenvalue weighted by atomic mass is 10.1. The van der Waals surface area contributed by atoms with Crippen LogP contribution in [0.4, 0.5) is 11.4 Å². The van der Waals surface area contributed by atoms with E-state index >= 15 is 0 Å². The van der Waals surface area contributed by atoms with Crippen LogP contribution in [0.15, 0.2) is 42.5 Å². The van der Waals surface area contributed by atoms with Gasteiger partial charge in [0.25, 0.3) is 0 Å². The van der Waals surface area contributed by atoms with Crippen molar-refractivity contribution in [3.63, 3.8) is 0 Å². The van der Waals surface area contributed by atoms with Crippen molar-refractivity contribution in [1.82, 2.24) is 4.90 Å². The van der Waals surface area contributed by atoms with E-state index in [2.05, 4.69) is 10.2 Å². The van der Waals surface area contributed by atoms with E-state index in [-0.39, 0.29) is 11.9 Å². The molecule has 7 nitrogen and oxygen atoms in total. The van der Waals surface area contributed by atoms with Crippen LogP contribution in [0.3, 0.4) is 0 Å². The first-order valence-corrected chi connectivity index (χ1v) is 10.7.